The number of nitrogens with zero attached hydrogens (tertiary/aromatic N) is 3. The molecular formula is C20H23ClFN5O2. The van der Waals surface area contributed by atoms with Gasteiger partial charge in [-0.3, -0.25) is 9.80 Å². The summed E-state index contributed by atoms with van der Waals surface area (Å²) in [6.07, 6.45) is 4.72. The molecule has 2 unspecified atom stereocenters. The van der Waals surface area contributed by atoms with E-state index in [0.717, 1.165) is 12.8 Å². The van der Waals surface area contributed by atoms with E-state index in [1.165, 1.54) is 25.0 Å². The quantitative estimate of drug-likeness (QED) is 0.784. The largest absolute Gasteiger partial charge is 0.369 e. The highest BCUT2D eigenvalue weighted by atomic mass is 35.5. The smallest absolute Gasteiger partial charge is 0.317 e. The first-order valence-corrected chi connectivity index (χ1v) is 10.4. The molecule has 3 N–H and O–H groups in total. The number of hydrazone groups is 1. The first-order valence-electron chi connectivity index (χ1n) is 10.0. The number of hydrogen-bond acceptors (Lipinski definition) is 4. The van der Waals surface area contributed by atoms with E-state index in [1.54, 1.807) is 11.0 Å². The minimum absolute atomic E-state index is 0.0340. The van der Waals surface area contributed by atoms with Crippen LogP contribution in [0.2, 0.25) is 5.02 Å². The van der Waals surface area contributed by atoms with Crippen LogP contribution in [0.25, 0.3) is 0 Å². The molecule has 2 aliphatic heterocycles. The van der Waals surface area contributed by atoms with Crippen LogP contribution in [0.3, 0.4) is 0 Å². The summed E-state index contributed by atoms with van der Waals surface area (Å²) in [4.78, 5) is 26.7. The first-order chi connectivity index (χ1) is 13.8. The van der Waals surface area contributed by atoms with Gasteiger partial charge in [0.15, 0.2) is 0 Å². The van der Waals surface area contributed by atoms with Gasteiger partial charge in [-0.25, -0.2) is 9.18 Å². The molecule has 29 heavy (non-hydrogen) atoms. The molecule has 5 rings (SSSR count). The van der Waals surface area contributed by atoms with Crippen molar-refractivity contribution >= 4 is 29.3 Å². The van der Waals surface area contributed by atoms with Crippen molar-refractivity contribution < 1.29 is 14.0 Å². The molecule has 7 nitrogen and oxygen atoms in total. The van der Waals surface area contributed by atoms with E-state index in [1.807, 2.05) is 5.01 Å². The van der Waals surface area contributed by atoms with Gasteiger partial charge in [0.25, 0.3) is 0 Å². The van der Waals surface area contributed by atoms with Gasteiger partial charge in [-0.15, -0.1) is 0 Å². The van der Waals surface area contributed by atoms with Crippen LogP contribution in [0.1, 0.15) is 31.2 Å². The molecule has 154 valence electrons. The second kappa shape index (κ2) is 6.58. The molecule has 9 heteroatoms. The monoisotopic (exact) mass is 419 g/mol. The number of rotatable bonds is 3. The Morgan fingerprint density at radius 1 is 1.28 bits per heavy atom. The molecule has 2 heterocycles. The third-order valence-corrected chi connectivity index (χ3v) is 7.05. The number of fused-ring (bicyclic) bond motifs is 1. The van der Waals surface area contributed by atoms with E-state index in [0.29, 0.717) is 36.3 Å². The number of carbonyl (C=O) groups is 2. The Morgan fingerprint density at radius 3 is 2.69 bits per heavy atom. The number of urea groups is 1. The fourth-order valence-electron chi connectivity index (χ4n) is 4.92. The van der Waals surface area contributed by atoms with E-state index in [4.69, 9.17) is 17.3 Å². The highest BCUT2D eigenvalue weighted by Gasteiger charge is 2.53. The van der Waals surface area contributed by atoms with E-state index in [9.17, 15) is 14.0 Å². The van der Waals surface area contributed by atoms with Crippen molar-refractivity contribution in [1.29, 1.82) is 0 Å². The van der Waals surface area contributed by atoms with Gasteiger partial charge < -0.3 is 16.0 Å². The van der Waals surface area contributed by atoms with E-state index >= 15 is 0 Å². The maximum atomic E-state index is 13.5. The number of benzene rings is 1. The summed E-state index contributed by atoms with van der Waals surface area (Å²) in [6, 6.07) is 4.09. The summed E-state index contributed by atoms with van der Waals surface area (Å²) in [5.41, 5.74) is 7.26. The van der Waals surface area contributed by atoms with Gasteiger partial charge in [0.05, 0.1) is 23.3 Å². The number of primary amides is 1. The maximum absolute atomic E-state index is 13.5. The van der Waals surface area contributed by atoms with Crippen LogP contribution in [0, 0.1) is 17.2 Å². The van der Waals surface area contributed by atoms with Crippen molar-refractivity contribution in [3.8, 4) is 0 Å². The van der Waals surface area contributed by atoms with Crippen molar-refractivity contribution in [1.82, 2.24) is 15.2 Å². The number of hydrogen-bond donors (Lipinski definition) is 2. The maximum Gasteiger partial charge on any atom is 0.317 e. The van der Waals surface area contributed by atoms with Crippen LogP contribution in [-0.2, 0) is 4.79 Å². The Bertz CT molecular complexity index is 910. The lowest BCUT2D eigenvalue weighted by Gasteiger charge is -2.41. The number of amides is 3. The summed E-state index contributed by atoms with van der Waals surface area (Å²) >= 11 is 5.91. The van der Waals surface area contributed by atoms with E-state index in [2.05, 4.69) is 10.4 Å². The van der Waals surface area contributed by atoms with Crippen LogP contribution in [0.5, 0.6) is 0 Å². The van der Waals surface area contributed by atoms with Crippen molar-refractivity contribution in [2.24, 2.45) is 22.2 Å². The fourth-order valence-corrected chi connectivity index (χ4v) is 5.11. The SMILES string of the molecule is NC(=O)C1C(c2ccc(F)c(Cl)c2)=NN2CCN(C(=O)NC3CC4(CC4)C3)CC12. The van der Waals surface area contributed by atoms with Gasteiger partial charge in [-0.05, 0) is 43.2 Å². The molecule has 0 aromatic heterocycles. The number of piperazine rings is 1. The second-order valence-corrected chi connectivity index (χ2v) is 9.13. The minimum Gasteiger partial charge on any atom is -0.369 e. The Labute approximate surface area is 173 Å². The van der Waals surface area contributed by atoms with Crippen molar-refractivity contribution in [2.45, 2.75) is 37.8 Å². The number of carbonyl (C=O) groups excluding carboxylic acids is 2. The molecule has 2 saturated carbocycles. The van der Waals surface area contributed by atoms with Gasteiger partial charge in [-0.1, -0.05) is 17.7 Å². The molecule has 2 atom stereocenters. The Kier molecular flexibility index (Phi) is 4.24. The minimum atomic E-state index is -0.689. The Balaban J connectivity index is 1.30. The predicted molar refractivity (Wildman–Crippen MR) is 106 cm³/mol. The van der Waals surface area contributed by atoms with Crippen LogP contribution < -0.4 is 11.1 Å². The first kappa shape index (κ1) is 18.7. The third-order valence-electron chi connectivity index (χ3n) is 6.76. The summed E-state index contributed by atoms with van der Waals surface area (Å²) in [7, 11) is 0. The van der Waals surface area contributed by atoms with Crippen molar-refractivity contribution in [3.63, 3.8) is 0 Å². The number of halogens is 2. The molecule has 1 saturated heterocycles. The molecule has 1 aromatic rings. The molecule has 3 amide bonds. The zero-order valence-corrected chi connectivity index (χ0v) is 16.7. The van der Waals surface area contributed by atoms with Crippen LogP contribution >= 0.6 is 11.6 Å². The Morgan fingerprint density at radius 2 is 2.03 bits per heavy atom. The van der Waals surface area contributed by atoms with Crippen LogP contribution in [-0.4, -0.2) is 59.3 Å². The molecule has 2 aliphatic carbocycles. The fraction of sp³-hybridized carbons (Fsp3) is 0.550. The van der Waals surface area contributed by atoms with Crippen LogP contribution in [0.15, 0.2) is 23.3 Å². The molecule has 0 radical (unpaired) electrons. The molecule has 1 aromatic carbocycles. The molecule has 3 fully saturated rings. The zero-order valence-electron chi connectivity index (χ0n) is 15.9. The normalized spacial score (nSPS) is 27.3. The van der Waals surface area contributed by atoms with Gasteiger partial charge >= 0.3 is 6.03 Å². The summed E-state index contributed by atoms with van der Waals surface area (Å²) in [5.74, 6) is -1.74. The lowest BCUT2D eigenvalue weighted by atomic mass is 9.77. The number of nitrogens with two attached hydrogens (primary N) is 1. The Hall–Kier alpha value is -2.35. The van der Waals surface area contributed by atoms with Gasteiger partial charge in [-0.2, -0.15) is 5.10 Å². The predicted octanol–water partition coefficient (Wildman–Crippen LogP) is 1.94. The molecular weight excluding hydrogens is 397 g/mol. The lowest BCUT2D eigenvalue weighted by Crippen LogP contribution is -2.59. The second-order valence-electron chi connectivity index (χ2n) is 8.73. The van der Waals surface area contributed by atoms with Crippen molar-refractivity contribution in [2.75, 3.05) is 19.6 Å². The summed E-state index contributed by atoms with van der Waals surface area (Å²) < 4.78 is 13.5. The van der Waals surface area contributed by atoms with E-state index < -0.39 is 17.6 Å². The van der Waals surface area contributed by atoms with E-state index in [-0.39, 0.29) is 23.1 Å². The van der Waals surface area contributed by atoms with Gasteiger partial charge in [0.2, 0.25) is 5.91 Å². The average molecular weight is 420 g/mol. The lowest BCUT2D eigenvalue weighted by molar-refractivity contribution is -0.121. The molecule has 1 spiro atoms. The highest BCUT2D eigenvalue weighted by molar-refractivity contribution is 6.31. The average Bonchev–Trinajstić information content (AvgIpc) is 3.35. The highest BCUT2D eigenvalue weighted by Crippen LogP contribution is 2.60. The summed E-state index contributed by atoms with van der Waals surface area (Å²) in [6.45, 7) is 1.39. The molecule has 4 aliphatic rings. The summed E-state index contributed by atoms with van der Waals surface area (Å²) in [5, 5.41) is 9.47. The standard InChI is InChI=1S/C20H23ClFN5O2/c21-13-7-11(1-2-14(13)22)17-16(18(23)28)15-10-26(5-6-27(15)25-17)19(29)24-12-8-20(9-12)3-4-20/h1-2,7,12,15-16H,3-6,8-10H2,(H2,23,28)(H,24,29). The zero-order chi connectivity index (χ0) is 20.3. The van der Waals surface area contributed by atoms with Gasteiger partial charge in [0.1, 0.15) is 11.7 Å². The topological polar surface area (TPSA) is 91.0 Å². The van der Waals surface area contributed by atoms with Crippen molar-refractivity contribution in [3.05, 3.63) is 34.6 Å². The number of nitrogens with one attached hydrogen (secondary N) is 1. The third kappa shape index (κ3) is 3.23. The van der Waals surface area contributed by atoms with Gasteiger partial charge in [0, 0.05) is 24.7 Å². The van der Waals surface area contributed by atoms with Crippen LogP contribution in [0.4, 0.5) is 9.18 Å². The molecule has 0 bridgehead atoms.